The van der Waals surface area contributed by atoms with Crippen molar-refractivity contribution >= 4 is 0 Å². The second kappa shape index (κ2) is 6.85. The van der Waals surface area contributed by atoms with Gasteiger partial charge in [-0.15, -0.1) is 0 Å². The number of para-hydroxylation sites is 1. The lowest BCUT2D eigenvalue weighted by Gasteiger charge is -2.12. The van der Waals surface area contributed by atoms with Crippen molar-refractivity contribution in [1.82, 2.24) is 5.32 Å². The van der Waals surface area contributed by atoms with Crippen LogP contribution in [-0.2, 0) is 13.0 Å². The molecule has 0 saturated heterocycles. The second-order valence-corrected chi connectivity index (χ2v) is 4.16. The zero-order valence-corrected chi connectivity index (χ0v) is 11.3. The predicted molar refractivity (Wildman–Crippen MR) is 73.7 cm³/mol. The van der Waals surface area contributed by atoms with Crippen molar-refractivity contribution in [2.24, 2.45) is 0 Å². The summed E-state index contributed by atoms with van der Waals surface area (Å²) in [7, 11) is 3.30. The van der Waals surface area contributed by atoms with E-state index >= 15 is 0 Å². The Morgan fingerprint density at radius 2 is 2.00 bits per heavy atom. The summed E-state index contributed by atoms with van der Waals surface area (Å²) in [5.74, 6) is 2.54. The average Bonchev–Trinajstić information content (AvgIpc) is 2.96. The molecule has 0 fully saturated rings. The van der Waals surface area contributed by atoms with Crippen molar-refractivity contribution in [3.63, 3.8) is 0 Å². The van der Waals surface area contributed by atoms with Crippen molar-refractivity contribution in [1.29, 1.82) is 0 Å². The molecule has 2 rings (SSSR count). The molecule has 2 aromatic rings. The van der Waals surface area contributed by atoms with Gasteiger partial charge < -0.3 is 19.2 Å². The molecule has 0 unspecified atom stereocenters. The summed E-state index contributed by atoms with van der Waals surface area (Å²) < 4.78 is 15.9. The summed E-state index contributed by atoms with van der Waals surface area (Å²) in [5.41, 5.74) is 1.08. The first-order chi connectivity index (χ1) is 9.35. The Labute approximate surface area is 113 Å². The van der Waals surface area contributed by atoms with E-state index < -0.39 is 0 Å². The number of benzene rings is 1. The topological polar surface area (TPSA) is 43.6 Å². The molecular weight excluding hydrogens is 242 g/mol. The Kier molecular flexibility index (Phi) is 4.86. The van der Waals surface area contributed by atoms with Gasteiger partial charge in [-0.1, -0.05) is 12.1 Å². The normalized spacial score (nSPS) is 10.4. The first-order valence-corrected chi connectivity index (χ1v) is 6.28. The van der Waals surface area contributed by atoms with Crippen LogP contribution in [0.4, 0.5) is 0 Å². The van der Waals surface area contributed by atoms with Crippen LogP contribution in [0.2, 0.25) is 0 Å². The lowest BCUT2D eigenvalue weighted by atomic mass is 10.2. The third-order valence-corrected chi connectivity index (χ3v) is 2.93. The van der Waals surface area contributed by atoms with E-state index in [4.69, 9.17) is 13.9 Å². The van der Waals surface area contributed by atoms with Gasteiger partial charge in [-0.3, -0.25) is 0 Å². The van der Waals surface area contributed by atoms with Gasteiger partial charge in [-0.05, 0) is 18.2 Å². The number of ether oxygens (including phenoxy) is 2. The summed E-state index contributed by atoms with van der Waals surface area (Å²) in [6.45, 7) is 1.59. The van der Waals surface area contributed by atoms with Gasteiger partial charge in [0.25, 0.3) is 0 Å². The van der Waals surface area contributed by atoms with Gasteiger partial charge in [-0.25, -0.2) is 0 Å². The molecule has 0 aliphatic carbocycles. The number of rotatable bonds is 7. The van der Waals surface area contributed by atoms with Gasteiger partial charge in [0.05, 0.1) is 20.5 Å². The van der Waals surface area contributed by atoms with E-state index in [-0.39, 0.29) is 0 Å². The number of nitrogens with one attached hydrogen (secondary N) is 1. The lowest BCUT2D eigenvalue weighted by Crippen LogP contribution is -2.17. The van der Waals surface area contributed by atoms with Crippen LogP contribution in [0.15, 0.2) is 41.0 Å². The van der Waals surface area contributed by atoms with Gasteiger partial charge in [0.1, 0.15) is 5.76 Å². The molecule has 102 valence electrons. The highest BCUT2D eigenvalue weighted by Crippen LogP contribution is 2.30. The van der Waals surface area contributed by atoms with Crippen LogP contribution in [0.5, 0.6) is 11.5 Å². The van der Waals surface area contributed by atoms with E-state index in [1.807, 2.05) is 30.3 Å². The molecule has 0 atom stereocenters. The number of hydrogen-bond donors (Lipinski definition) is 1. The Bertz CT molecular complexity index is 494. The fraction of sp³-hybridized carbons (Fsp3) is 0.333. The van der Waals surface area contributed by atoms with E-state index in [1.54, 1.807) is 20.5 Å². The van der Waals surface area contributed by atoms with E-state index in [1.165, 1.54) is 0 Å². The highest BCUT2D eigenvalue weighted by atomic mass is 16.5. The summed E-state index contributed by atoms with van der Waals surface area (Å²) in [6.07, 6.45) is 2.57. The molecule has 0 aliphatic heterocycles. The number of furan rings is 1. The minimum Gasteiger partial charge on any atom is -0.493 e. The molecular formula is C15H19NO3. The molecule has 0 bridgehead atoms. The molecule has 1 aromatic heterocycles. The molecule has 19 heavy (non-hydrogen) atoms. The Balaban J connectivity index is 1.88. The molecule has 0 spiro atoms. The number of hydrogen-bond acceptors (Lipinski definition) is 4. The van der Waals surface area contributed by atoms with Crippen LogP contribution in [-0.4, -0.2) is 20.8 Å². The van der Waals surface area contributed by atoms with Gasteiger partial charge in [-0.2, -0.15) is 0 Å². The van der Waals surface area contributed by atoms with Crippen LogP contribution in [0.25, 0.3) is 0 Å². The zero-order chi connectivity index (χ0) is 13.5. The molecule has 4 nitrogen and oxygen atoms in total. The van der Waals surface area contributed by atoms with Crippen LogP contribution < -0.4 is 14.8 Å². The largest absolute Gasteiger partial charge is 0.493 e. The summed E-state index contributed by atoms with van der Waals surface area (Å²) in [4.78, 5) is 0. The zero-order valence-electron chi connectivity index (χ0n) is 11.3. The van der Waals surface area contributed by atoms with Gasteiger partial charge in [0.15, 0.2) is 11.5 Å². The maximum Gasteiger partial charge on any atom is 0.165 e. The second-order valence-electron chi connectivity index (χ2n) is 4.16. The Hall–Kier alpha value is -1.94. The van der Waals surface area contributed by atoms with Gasteiger partial charge in [0, 0.05) is 25.1 Å². The van der Waals surface area contributed by atoms with Gasteiger partial charge >= 0.3 is 0 Å². The van der Waals surface area contributed by atoms with E-state index in [0.29, 0.717) is 0 Å². The van der Waals surface area contributed by atoms with Crippen LogP contribution in [0.3, 0.4) is 0 Å². The van der Waals surface area contributed by atoms with Crippen molar-refractivity contribution in [2.75, 3.05) is 20.8 Å². The van der Waals surface area contributed by atoms with Crippen LogP contribution in [0, 0.1) is 0 Å². The van der Waals surface area contributed by atoms with E-state index in [2.05, 4.69) is 5.32 Å². The van der Waals surface area contributed by atoms with Crippen LogP contribution in [0.1, 0.15) is 11.3 Å². The van der Waals surface area contributed by atoms with Crippen LogP contribution >= 0.6 is 0 Å². The van der Waals surface area contributed by atoms with Crippen molar-refractivity contribution in [2.45, 2.75) is 13.0 Å². The Morgan fingerprint density at radius 1 is 1.11 bits per heavy atom. The minimum atomic E-state index is 0.737. The number of methoxy groups -OCH3 is 2. The SMILES string of the molecule is COc1cccc(CNCCc2ccco2)c1OC. The van der Waals surface area contributed by atoms with Gasteiger partial charge in [0.2, 0.25) is 0 Å². The average molecular weight is 261 g/mol. The molecule has 1 aromatic carbocycles. The monoisotopic (exact) mass is 261 g/mol. The van der Waals surface area contributed by atoms with Crippen molar-refractivity contribution in [3.05, 3.63) is 47.9 Å². The maximum atomic E-state index is 5.39. The summed E-state index contributed by atoms with van der Waals surface area (Å²) in [6, 6.07) is 9.77. The molecule has 1 N–H and O–H groups in total. The molecule has 0 aliphatic rings. The smallest absolute Gasteiger partial charge is 0.165 e. The molecule has 0 saturated carbocycles. The van der Waals surface area contributed by atoms with E-state index in [0.717, 1.165) is 42.3 Å². The molecule has 1 heterocycles. The Morgan fingerprint density at radius 3 is 2.68 bits per heavy atom. The minimum absolute atomic E-state index is 0.737. The lowest BCUT2D eigenvalue weighted by molar-refractivity contribution is 0.350. The predicted octanol–water partition coefficient (Wildman–Crippen LogP) is 2.63. The first kappa shape index (κ1) is 13.5. The third-order valence-electron chi connectivity index (χ3n) is 2.93. The summed E-state index contributed by atoms with van der Waals surface area (Å²) >= 11 is 0. The molecule has 0 radical (unpaired) electrons. The summed E-state index contributed by atoms with van der Waals surface area (Å²) in [5, 5.41) is 3.37. The molecule has 0 amide bonds. The van der Waals surface area contributed by atoms with E-state index in [9.17, 15) is 0 Å². The first-order valence-electron chi connectivity index (χ1n) is 6.28. The maximum absolute atomic E-state index is 5.39. The quantitative estimate of drug-likeness (QED) is 0.778. The fourth-order valence-electron chi connectivity index (χ4n) is 1.98. The van der Waals surface area contributed by atoms with Crippen molar-refractivity contribution in [3.8, 4) is 11.5 Å². The highest BCUT2D eigenvalue weighted by Gasteiger charge is 2.08. The molecule has 4 heteroatoms. The fourth-order valence-corrected chi connectivity index (χ4v) is 1.98. The van der Waals surface area contributed by atoms with Crippen molar-refractivity contribution < 1.29 is 13.9 Å². The third kappa shape index (κ3) is 3.51. The standard InChI is InChI=1S/C15H19NO3/c1-17-14-7-3-5-12(15(14)18-2)11-16-9-8-13-6-4-10-19-13/h3-7,10,16H,8-9,11H2,1-2H3. The highest BCUT2D eigenvalue weighted by molar-refractivity contribution is 5.46.